The van der Waals surface area contributed by atoms with Crippen LogP contribution in [0.3, 0.4) is 0 Å². The van der Waals surface area contributed by atoms with Crippen molar-refractivity contribution in [2.24, 2.45) is 0 Å². The van der Waals surface area contributed by atoms with Crippen molar-refractivity contribution in [2.75, 3.05) is 5.32 Å². The summed E-state index contributed by atoms with van der Waals surface area (Å²) in [7, 11) is 0. The fourth-order valence-corrected chi connectivity index (χ4v) is 2.25. The van der Waals surface area contributed by atoms with Crippen molar-refractivity contribution in [3.8, 4) is 0 Å². The maximum Gasteiger partial charge on any atom is 0.271 e. The molecule has 0 unspecified atom stereocenters. The van der Waals surface area contributed by atoms with Gasteiger partial charge in [0.25, 0.3) is 11.8 Å². The van der Waals surface area contributed by atoms with Crippen molar-refractivity contribution in [3.05, 3.63) is 47.3 Å². The molecule has 2 aromatic rings. The summed E-state index contributed by atoms with van der Waals surface area (Å²) >= 11 is 0. The van der Waals surface area contributed by atoms with Crippen molar-refractivity contribution < 1.29 is 14.3 Å². The number of ether oxygens (including phenoxy) is 1. The van der Waals surface area contributed by atoms with Gasteiger partial charge in [-0.15, -0.1) is 0 Å². The largest absolute Gasteiger partial charge is 0.374 e. The molecule has 1 aliphatic carbocycles. The summed E-state index contributed by atoms with van der Waals surface area (Å²) in [5.74, 6) is -0.547. The Morgan fingerprint density at radius 3 is 2.60 bits per heavy atom. The minimum absolute atomic E-state index is 0.157. The van der Waals surface area contributed by atoms with Gasteiger partial charge in [0.2, 0.25) is 0 Å². The number of carbonyl (C=O) groups excluding carboxylic acids is 2. The zero-order valence-corrected chi connectivity index (χ0v) is 14.3. The second-order valence-electron chi connectivity index (χ2n) is 6.42. The van der Waals surface area contributed by atoms with Crippen LogP contribution in [0.5, 0.6) is 0 Å². The molecule has 3 rings (SSSR count). The molecule has 1 aromatic heterocycles. The lowest BCUT2D eigenvalue weighted by Crippen LogP contribution is -2.27. The maximum absolute atomic E-state index is 12.4. The fraction of sp³-hybridized carbons (Fsp3) is 0.389. The molecule has 1 aliphatic rings. The number of anilines is 1. The summed E-state index contributed by atoms with van der Waals surface area (Å²) in [5, 5.41) is 12.1. The first-order valence-corrected chi connectivity index (χ1v) is 8.39. The first kappa shape index (κ1) is 17.2. The molecule has 0 aliphatic heterocycles. The number of nitrogens with zero attached hydrogens (tertiary/aromatic N) is 1. The molecule has 3 N–H and O–H groups in total. The molecule has 0 spiro atoms. The van der Waals surface area contributed by atoms with Gasteiger partial charge in [0, 0.05) is 11.6 Å². The Kier molecular flexibility index (Phi) is 5.14. The molecule has 0 atom stereocenters. The number of hydrogen-bond donors (Lipinski definition) is 3. The lowest BCUT2D eigenvalue weighted by atomic mass is 10.1. The Morgan fingerprint density at radius 1 is 1.24 bits per heavy atom. The van der Waals surface area contributed by atoms with Gasteiger partial charge in [0.15, 0.2) is 0 Å². The number of aromatic amines is 1. The molecule has 7 nitrogen and oxygen atoms in total. The van der Waals surface area contributed by atoms with Crippen molar-refractivity contribution in [3.63, 3.8) is 0 Å². The smallest absolute Gasteiger partial charge is 0.271 e. The predicted molar refractivity (Wildman–Crippen MR) is 93.4 cm³/mol. The van der Waals surface area contributed by atoms with Crippen LogP contribution in [0.15, 0.2) is 30.5 Å². The number of hydrogen-bond acceptors (Lipinski definition) is 4. The number of amides is 2. The summed E-state index contributed by atoms with van der Waals surface area (Å²) in [6.07, 6.45) is 3.58. The first-order valence-electron chi connectivity index (χ1n) is 8.39. The summed E-state index contributed by atoms with van der Waals surface area (Å²) in [6.45, 7) is 4.46. The van der Waals surface area contributed by atoms with Crippen LogP contribution in [-0.4, -0.2) is 34.2 Å². The van der Waals surface area contributed by atoms with E-state index >= 15 is 0 Å². The highest BCUT2D eigenvalue weighted by Gasteiger charge is 2.26. The molecule has 2 amide bonds. The van der Waals surface area contributed by atoms with Crippen LogP contribution in [0.4, 0.5) is 5.69 Å². The Hall–Kier alpha value is -2.67. The molecular weight excluding hydrogens is 320 g/mol. The molecule has 25 heavy (non-hydrogen) atoms. The third-order valence-corrected chi connectivity index (χ3v) is 3.83. The highest BCUT2D eigenvalue weighted by Crippen LogP contribution is 2.21. The maximum atomic E-state index is 12.4. The Bertz CT molecular complexity index is 748. The molecule has 0 saturated heterocycles. The summed E-state index contributed by atoms with van der Waals surface area (Å²) in [4.78, 5) is 24.5. The third-order valence-electron chi connectivity index (χ3n) is 3.83. The van der Waals surface area contributed by atoms with Crippen LogP contribution in [-0.2, 0) is 11.3 Å². The van der Waals surface area contributed by atoms with Crippen molar-refractivity contribution in [1.29, 1.82) is 0 Å². The van der Waals surface area contributed by atoms with E-state index in [0.29, 0.717) is 17.9 Å². The van der Waals surface area contributed by atoms with Crippen LogP contribution >= 0.6 is 0 Å². The van der Waals surface area contributed by atoms with E-state index in [2.05, 4.69) is 20.8 Å². The van der Waals surface area contributed by atoms with E-state index in [1.54, 1.807) is 12.1 Å². The number of nitrogens with one attached hydrogen (secondary N) is 3. The van der Waals surface area contributed by atoms with E-state index in [9.17, 15) is 9.59 Å². The Balaban J connectivity index is 1.62. The number of carbonyl (C=O) groups is 2. The zero-order chi connectivity index (χ0) is 17.8. The van der Waals surface area contributed by atoms with E-state index in [-0.39, 0.29) is 29.7 Å². The van der Waals surface area contributed by atoms with E-state index in [0.717, 1.165) is 18.4 Å². The second kappa shape index (κ2) is 7.48. The molecule has 7 heteroatoms. The van der Waals surface area contributed by atoms with Gasteiger partial charge in [-0.25, -0.2) is 0 Å². The van der Waals surface area contributed by atoms with Crippen molar-refractivity contribution in [1.82, 2.24) is 15.5 Å². The third kappa shape index (κ3) is 4.67. The Morgan fingerprint density at radius 2 is 1.96 bits per heavy atom. The van der Waals surface area contributed by atoms with Crippen LogP contribution in [0.2, 0.25) is 0 Å². The molecule has 132 valence electrons. The van der Waals surface area contributed by atoms with Crippen LogP contribution in [0, 0.1) is 0 Å². The van der Waals surface area contributed by atoms with Crippen LogP contribution < -0.4 is 10.6 Å². The molecule has 0 bridgehead atoms. The topological polar surface area (TPSA) is 96.1 Å². The fourth-order valence-electron chi connectivity index (χ4n) is 2.25. The van der Waals surface area contributed by atoms with Crippen LogP contribution in [0.1, 0.15) is 53.1 Å². The molecule has 1 aromatic carbocycles. The number of aromatic nitrogens is 2. The van der Waals surface area contributed by atoms with Gasteiger partial charge in [-0.2, -0.15) is 5.10 Å². The van der Waals surface area contributed by atoms with E-state index in [1.807, 2.05) is 26.0 Å². The van der Waals surface area contributed by atoms with Crippen LogP contribution in [0.25, 0.3) is 0 Å². The summed E-state index contributed by atoms with van der Waals surface area (Å²) in [5.41, 5.74) is 2.14. The summed E-state index contributed by atoms with van der Waals surface area (Å²) < 4.78 is 5.53. The van der Waals surface area contributed by atoms with Gasteiger partial charge >= 0.3 is 0 Å². The van der Waals surface area contributed by atoms with E-state index < -0.39 is 0 Å². The second-order valence-corrected chi connectivity index (χ2v) is 6.42. The van der Waals surface area contributed by atoms with Gasteiger partial charge in [-0.05, 0) is 44.4 Å². The lowest BCUT2D eigenvalue weighted by Gasteiger charge is -2.09. The first-order chi connectivity index (χ1) is 12.0. The molecule has 1 fully saturated rings. The summed E-state index contributed by atoms with van der Waals surface area (Å²) in [6, 6.07) is 7.41. The minimum Gasteiger partial charge on any atom is -0.374 e. The standard InChI is InChI=1S/C18H22N4O3/c1-11(2)25-10-12-3-5-13(6-4-12)17(23)21-15-9-19-22-16(15)18(24)20-14-7-8-14/h3-6,9,11,14H,7-8,10H2,1-2H3,(H,19,22)(H,20,24)(H,21,23). The average Bonchev–Trinajstić information content (AvgIpc) is 3.28. The molecule has 0 radical (unpaired) electrons. The number of benzene rings is 1. The van der Waals surface area contributed by atoms with Gasteiger partial charge in [-0.1, -0.05) is 12.1 Å². The minimum atomic E-state index is -0.293. The molecule has 1 heterocycles. The number of rotatable bonds is 7. The SMILES string of the molecule is CC(C)OCc1ccc(C(=O)Nc2cn[nH]c2C(=O)NC2CC2)cc1. The van der Waals surface area contributed by atoms with E-state index in [1.165, 1.54) is 6.20 Å². The quantitative estimate of drug-likeness (QED) is 0.720. The average molecular weight is 342 g/mol. The highest BCUT2D eigenvalue weighted by atomic mass is 16.5. The van der Waals surface area contributed by atoms with Gasteiger partial charge in [-0.3, -0.25) is 14.7 Å². The van der Waals surface area contributed by atoms with E-state index in [4.69, 9.17) is 4.74 Å². The molecular formula is C18H22N4O3. The lowest BCUT2D eigenvalue weighted by molar-refractivity contribution is 0.0657. The van der Waals surface area contributed by atoms with Crippen molar-refractivity contribution in [2.45, 2.75) is 45.4 Å². The van der Waals surface area contributed by atoms with Crippen molar-refractivity contribution >= 4 is 17.5 Å². The van der Waals surface area contributed by atoms with Gasteiger partial charge < -0.3 is 15.4 Å². The van der Waals surface area contributed by atoms with Gasteiger partial charge in [0.05, 0.1) is 24.6 Å². The van der Waals surface area contributed by atoms with Gasteiger partial charge in [0.1, 0.15) is 5.69 Å². The zero-order valence-electron chi connectivity index (χ0n) is 14.3. The monoisotopic (exact) mass is 342 g/mol. The Labute approximate surface area is 146 Å². The normalized spacial score (nSPS) is 13.7. The number of H-pyrrole nitrogens is 1. The molecule has 1 saturated carbocycles. The predicted octanol–water partition coefficient (Wildman–Crippen LogP) is 2.48. The highest BCUT2D eigenvalue weighted by molar-refractivity contribution is 6.08.